The number of ether oxygens (including phenoxy) is 1. The topological polar surface area (TPSA) is 55.6 Å². The van der Waals surface area contributed by atoms with Crippen LogP contribution in [-0.2, 0) is 10.2 Å². The van der Waals surface area contributed by atoms with Crippen LogP contribution in [0.1, 0.15) is 36.7 Å². The maximum absolute atomic E-state index is 12.5. The van der Waals surface area contributed by atoms with E-state index < -0.39 is 0 Å². The Balaban J connectivity index is 2.11. The van der Waals surface area contributed by atoms with Gasteiger partial charge in [0.15, 0.2) is 0 Å². The third kappa shape index (κ3) is 3.80. The average molecular weight is 306 g/mol. The molecule has 0 spiro atoms. The van der Waals surface area contributed by atoms with Crippen molar-refractivity contribution in [1.82, 2.24) is 4.90 Å². The number of carbonyl (C=O) groups is 1. The van der Waals surface area contributed by atoms with Crippen molar-refractivity contribution in [2.75, 3.05) is 19.7 Å². The van der Waals surface area contributed by atoms with Crippen LogP contribution in [0.4, 0.5) is 0 Å². The van der Waals surface area contributed by atoms with Crippen LogP contribution < -0.4 is 5.73 Å². The lowest BCUT2D eigenvalue weighted by Gasteiger charge is -2.32. The molecule has 1 aliphatic heterocycles. The molecule has 0 radical (unpaired) electrons. The van der Waals surface area contributed by atoms with Crippen molar-refractivity contribution in [2.24, 2.45) is 5.73 Å². The number of hydrogen-bond acceptors (Lipinski definition) is 3. The zero-order valence-corrected chi connectivity index (χ0v) is 13.6. The zero-order valence-electron chi connectivity index (χ0n) is 12.8. The standard InChI is InChI=1S/C16H22N2O2S/c1-16(2,3)12-6-4-11(5-7-12)15(19)18-8-9-20-13(10-18)14(17)21/h4-7,13H,8-10H2,1-3H3,(H2,17,21). The number of rotatable bonds is 2. The van der Waals surface area contributed by atoms with Crippen LogP contribution in [0.5, 0.6) is 0 Å². The molecule has 0 aliphatic carbocycles. The Kier molecular flexibility index (Phi) is 4.64. The lowest BCUT2D eigenvalue weighted by Crippen LogP contribution is -2.49. The molecule has 114 valence electrons. The highest BCUT2D eigenvalue weighted by Crippen LogP contribution is 2.22. The Morgan fingerprint density at radius 3 is 2.48 bits per heavy atom. The fourth-order valence-corrected chi connectivity index (χ4v) is 2.44. The summed E-state index contributed by atoms with van der Waals surface area (Å²) in [5.74, 6) is 0.00000850. The largest absolute Gasteiger partial charge is 0.391 e. The molecular formula is C16H22N2O2S. The van der Waals surface area contributed by atoms with Gasteiger partial charge < -0.3 is 15.4 Å². The van der Waals surface area contributed by atoms with Gasteiger partial charge in [0.1, 0.15) is 11.1 Å². The zero-order chi connectivity index (χ0) is 15.6. The number of benzene rings is 1. The number of nitrogens with zero attached hydrogens (tertiary/aromatic N) is 1. The maximum Gasteiger partial charge on any atom is 0.254 e. The summed E-state index contributed by atoms with van der Waals surface area (Å²) in [6, 6.07) is 7.79. The van der Waals surface area contributed by atoms with E-state index in [0.29, 0.717) is 30.2 Å². The van der Waals surface area contributed by atoms with Gasteiger partial charge in [-0.1, -0.05) is 45.1 Å². The molecule has 1 fully saturated rings. The van der Waals surface area contributed by atoms with Gasteiger partial charge in [0.25, 0.3) is 5.91 Å². The van der Waals surface area contributed by atoms with Crippen LogP contribution in [-0.4, -0.2) is 41.6 Å². The SMILES string of the molecule is CC(C)(C)c1ccc(C(=O)N2CCOC(C(N)=S)C2)cc1. The normalized spacial score (nSPS) is 19.4. The smallest absolute Gasteiger partial charge is 0.254 e. The van der Waals surface area contributed by atoms with Crippen LogP contribution in [0.2, 0.25) is 0 Å². The highest BCUT2D eigenvalue weighted by atomic mass is 32.1. The predicted octanol–water partition coefficient (Wildman–Crippen LogP) is 2.11. The van der Waals surface area contributed by atoms with Gasteiger partial charge >= 0.3 is 0 Å². The van der Waals surface area contributed by atoms with E-state index in [0.717, 1.165) is 0 Å². The first-order chi connectivity index (χ1) is 9.79. The molecule has 1 amide bonds. The van der Waals surface area contributed by atoms with Gasteiger partial charge in [-0.2, -0.15) is 0 Å². The highest BCUT2D eigenvalue weighted by Gasteiger charge is 2.26. The van der Waals surface area contributed by atoms with E-state index in [9.17, 15) is 4.79 Å². The van der Waals surface area contributed by atoms with Crippen molar-refractivity contribution in [3.63, 3.8) is 0 Å². The summed E-state index contributed by atoms with van der Waals surface area (Å²) in [7, 11) is 0. The summed E-state index contributed by atoms with van der Waals surface area (Å²) >= 11 is 4.94. The molecule has 1 saturated heterocycles. The van der Waals surface area contributed by atoms with E-state index in [2.05, 4.69) is 20.8 Å². The van der Waals surface area contributed by atoms with Crippen molar-refractivity contribution in [3.8, 4) is 0 Å². The number of morpholine rings is 1. The Labute approximate surface area is 131 Å². The van der Waals surface area contributed by atoms with Gasteiger partial charge in [0.2, 0.25) is 0 Å². The number of thiocarbonyl (C=S) groups is 1. The Morgan fingerprint density at radius 2 is 1.95 bits per heavy atom. The fourth-order valence-electron chi connectivity index (χ4n) is 2.30. The molecule has 0 aromatic heterocycles. The quantitative estimate of drug-likeness (QED) is 0.850. The van der Waals surface area contributed by atoms with Crippen molar-refractivity contribution in [1.29, 1.82) is 0 Å². The van der Waals surface area contributed by atoms with Gasteiger partial charge in [-0.25, -0.2) is 0 Å². The minimum atomic E-state index is -0.341. The summed E-state index contributed by atoms with van der Waals surface area (Å²) < 4.78 is 5.46. The molecule has 0 saturated carbocycles. The molecule has 1 heterocycles. The van der Waals surface area contributed by atoms with E-state index in [-0.39, 0.29) is 17.4 Å². The lowest BCUT2D eigenvalue weighted by molar-refractivity contribution is 0.00878. The third-order valence-electron chi connectivity index (χ3n) is 3.67. The molecule has 1 aromatic rings. The van der Waals surface area contributed by atoms with Gasteiger partial charge in [-0.3, -0.25) is 4.79 Å². The first kappa shape index (κ1) is 15.9. The van der Waals surface area contributed by atoms with E-state index in [4.69, 9.17) is 22.7 Å². The van der Waals surface area contributed by atoms with E-state index in [1.165, 1.54) is 5.56 Å². The summed E-state index contributed by atoms with van der Waals surface area (Å²) in [6.45, 7) is 7.91. The molecule has 5 heteroatoms. The molecule has 4 nitrogen and oxygen atoms in total. The molecule has 1 unspecified atom stereocenters. The third-order valence-corrected chi connectivity index (χ3v) is 3.93. The molecule has 1 aromatic carbocycles. The summed E-state index contributed by atoms with van der Waals surface area (Å²) in [5.41, 5.74) is 7.58. The number of amides is 1. The van der Waals surface area contributed by atoms with Crippen LogP contribution in [0.25, 0.3) is 0 Å². The van der Waals surface area contributed by atoms with E-state index in [1.807, 2.05) is 24.3 Å². The highest BCUT2D eigenvalue weighted by molar-refractivity contribution is 7.80. The Bertz CT molecular complexity index is 534. The monoisotopic (exact) mass is 306 g/mol. The second-order valence-electron chi connectivity index (χ2n) is 6.34. The minimum Gasteiger partial charge on any atom is -0.391 e. The van der Waals surface area contributed by atoms with Crippen molar-refractivity contribution < 1.29 is 9.53 Å². The number of nitrogens with two attached hydrogens (primary N) is 1. The van der Waals surface area contributed by atoms with E-state index >= 15 is 0 Å². The molecular weight excluding hydrogens is 284 g/mol. The van der Waals surface area contributed by atoms with Crippen molar-refractivity contribution in [3.05, 3.63) is 35.4 Å². The Hall–Kier alpha value is -1.46. The molecule has 1 aliphatic rings. The lowest BCUT2D eigenvalue weighted by atomic mass is 9.86. The second kappa shape index (κ2) is 6.12. The van der Waals surface area contributed by atoms with Gasteiger partial charge in [-0.05, 0) is 23.1 Å². The van der Waals surface area contributed by atoms with Crippen molar-refractivity contribution in [2.45, 2.75) is 32.3 Å². The summed E-state index contributed by atoms with van der Waals surface area (Å²) in [4.78, 5) is 14.6. The summed E-state index contributed by atoms with van der Waals surface area (Å²) in [6.07, 6.45) is -0.341. The molecule has 2 N–H and O–H groups in total. The Morgan fingerprint density at radius 1 is 1.33 bits per heavy atom. The fraction of sp³-hybridized carbons (Fsp3) is 0.500. The summed E-state index contributed by atoms with van der Waals surface area (Å²) in [5, 5.41) is 0. The van der Waals surface area contributed by atoms with Crippen LogP contribution in [0, 0.1) is 0 Å². The van der Waals surface area contributed by atoms with Gasteiger partial charge in [0, 0.05) is 12.1 Å². The second-order valence-corrected chi connectivity index (χ2v) is 6.81. The van der Waals surface area contributed by atoms with Gasteiger partial charge in [0.05, 0.1) is 13.2 Å². The van der Waals surface area contributed by atoms with E-state index in [1.54, 1.807) is 4.90 Å². The van der Waals surface area contributed by atoms with Gasteiger partial charge in [-0.15, -0.1) is 0 Å². The molecule has 0 bridgehead atoms. The molecule has 1 atom stereocenters. The predicted molar refractivity (Wildman–Crippen MR) is 87.6 cm³/mol. The van der Waals surface area contributed by atoms with Crippen LogP contribution in [0.3, 0.4) is 0 Å². The number of carbonyl (C=O) groups excluding carboxylic acids is 1. The van der Waals surface area contributed by atoms with Crippen LogP contribution >= 0.6 is 12.2 Å². The van der Waals surface area contributed by atoms with Crippen molar-refractivity contribution >= 4 is 23.1 Å². The maximum atomic E-state index is 12.5. The first-order valence-corrected chi connectivity index (χ1v) is 7.50. The first-order valence-electron chi connectivity index (χ1n) is 7.10. The average Bonchev–Trinajstić information content (AvgIpc) is 2.46. The minimum absolute atomic E-state index is 0.00000850. The van der Waals surface area contributed by atoms with Crippen LogP contribution in [0.15, 0.2) is 24.3 Å². The number of hydrogen-bond donors (Lipinski definition) is 1. The molecule has 2 rings (SSSR count). The molecule has 21 heavy (non-hydrogen) atoms.